The fourth-order valence-corrected chi connectivity index (χ4v) is 3.96. The van der Waals surface area contributed by atoms with Gasteiger partial charge in [0.05, 0.1) is 41.8 Å². The second-order valence-corrected chi connectivity index (χ2v) is 10.1. The summed E-state index contributed by atoms with van der Waals surface area (Å²) in [5.74, 6) is 0.895. The van der Waals surface area contributed by atoms with Gasteiger partial charge in [0, 0.05) is 7.05 Å². The number of pyridine rings is 1. The Labute approximate surface area is 201 Å². The van der Waals surface area contributed by atoms with Crippen LogP contribution in [-0.2, 0) is 21.3 Å². The van der Waals surface area contributed by atoms with Gasteiger partial charge in [-0.15, -0.1) is 0 Å². The molecular formula is C25H36N4O5. The highest BCUT2D eigenvalue weighted by Crippen LogP contribution is 2.33. The molecule has 0 saturated heterocycles. The molecule has 0 aromatic carbocycles. The van der Waals surface area contributed by atoms with Crippen LogP contribution in [0.2, 0.25) is 0 Å². The number of carbonyl (C=O) groups is 2. The number of nitrogens with zero attached hydrogens (tertiary/aromatic N) is 3. The summed E-state index contributed by atoms with van der Waals surface area (Å²) >= 11 is 0. The predicted molar refractivity (Wildman–Crippen MR) is 129 cm³/mol. The molecule has 2 atom stereocenters. The number of nitrogens with one attached hydrogen (secondary N) is 1. The van der Waals surface area contributed by atoms with Crippen molar-refractivity contribution < 1.29 is 23.8 Å². The topological polar surface area (TPSA) is 105 Å². The predicted octanol–water partition coefficient (Wildman–Crippen LogP) is 5.03. The summed E-state index contributed by atoms with van der Waals surface area (Å²) in [6.07, 6.45) is 5.88. The lowest BCUT2D eigenvalue weighted by atomic mass is 9.87. The minimum absolute atomic E-state index is 0.0624. The molecule has 34 heavy (non-hydrogen) atoms. The smallest absolute Gasteiger partial charge is 0.413 e. The molecule has 2 aromatic rings. The summed E-state index contributed by atoms with van der Waals surface area (Å²) in [6.45, 7) is 11.1. The van der Waals surface area contributed by atoms with Crippen molar-refractivity contribution >= 4 is 17.9 Å². The fourth-order valence-electron chi connectivity index (χ4n) is 3.96. The Bertz CT molecular complexity index is 1020. The van der Waals surface area contributed by atoms with Crippen LogP contribution in [0.25, 0.3) is 11.3 Å². The Hall–Kier alpha value is -3.10. The third kappa shape index (κ3) is 6.71. The molecule has 0 bridgehead atoms. The molecule has 1 aliphatic rings. The Morgan fingerprint density at radius 3 is 2.59 bits per heavy atom. The van der Waals surface area contributed by atoms with Crippen LogP contribution in [-0.4, -0.2) is 44.6 Å². The van der Waals surface area contributed by atoms with Crippen molar-refractivity contribution in [2.24, 2.45) is 13.0 Å². The molecule has 0 spiro atoms. The van der Waals surface area contributed by atoms with Gasteiger partial charge >= 0.3 is 12.1 Å². The third-order valence-electron chi connectivity index (χ3n) is 5.50. The van der Waals surface area contributed by atoms with Crippen LogP contribution >= 0.6 is 0 Å². The van der Waals surface area contributed by atoms with Gasteiger partial charge in [0.1, 0.15) is 17.2 Å². The van der Waals surface area contributed by atoms with Gasteiger partial charge in [-0.2, -0.15) is 5.10 Å². The van der Waals surface area contributed by atoms with E-state index in [0.29, 0.717) is 29.2 Å². The molecule has 2 heterocycles. The number of hydrogen-bond donors (Lipinski definition) is 1. The quantitative estimate of drug-likeness (QED) is 0.588. The van der Waals surface area contributed by atoms with Crippen molar-refractivity contribution in [3.8, 4) is 17.0 Å². The molecular weight excluding hydrogens is 436 g/mol. The molecule has 9 nitrogen and oxygen atoms in total. The maximum atomic E-state index is 12.3. The standard InChI is InChI=1S/C25H36N4O5/c1-15(2)32-23(30)17-9-8-10-18(12-17)33-21-14-26-20(11-16(21)3)19-13-27-29(7)22(19)28-24(31)34-25(4,5)6/h11,13-15,17-18H,8-10,12H2,1-7H3,(H,28,31)/t17-,18-/m0/s1. The zero-order valence-corrected chi connectivity index (χ0v) is 21.2. The van der Waals surface area contributed by atoms with Gasteiger partial charge in [-0.1, -0.05) is 0 Å². The van der Waals surface area contributed by atoms with Crippen molar-refractivity contribution in [1.29, 1.82) is 0 Å². The average Bonchev–Trinajstić information content (AvgIpc) is 3.08. The number of anilines is 1. The highest BCUT2D eigenvalue weighted by Gasteiger charge is 2.30. The number of aryl methyl sites for hydroxylation is 2. The second-order valence-electron chi connectivity index (χ2n) is 10.1. The Kier molecular flexibility index (Phi) is 7.84. The number of amides is 1. The number of esters is 1. The molecule has 1 fully saturated rings. The first kappa shape index (κ1) is 25.5. The van der Waals surface area contributed by atoms with Gasteiger partial charge in [0.15, 0.2) is 0 Å². The van der Waals surface area contributed by atoms with Crippen LogP contribution in [0.5, 0.6) is 5.75 Å². The summed E-state index contributed by atoms with van der Waals surface area (Å²) in [5.41, 5.74) is 1.63. The molecule has 0 radical (unpaired) electrons. The van der Waals surface area contributed by atoms with Gasteiger partial charge in [-0.05, 0) is 78.9 Å². The maximum absolute atomic E-state index is 12.3. The van der Waals surface area contributed by atoms with Crippen molar-refractivity contribution in [1.82, 2.24) is 14.8 Å². The second kappa shape index (κ2) is 10.4. The van der Waals surface area contributed by atoms with E-state index in [0.717, 1.165) is 24.8 Å². The van der Waals surface area contributed by atoms with E-state index in [4.69, 9.17) is 14.2 Å². The number of aromatic nitrogens is 3. The molecule has 1 N–H and O–H groups in total. The van der Waals surface area contributed by atoms with E-state index in [2.05, 4.69) is 15.4 Å². The number of hydrogen-bond acceptors (Lipinski definition) is 7. The average molecular weight is 473 g/mol. The van der Waals surface area contributed by atoms with Crippen LogP contribution in [0, 0.1) is 12.8 Å². The summed E-state index contributed by atoms with van der Waals surface area (Å²) in [6, 6.07) is 1.90. The molecule has 3 rings (SSSR count). The highest BCUT2D eigenvalue weighted by atomic mass is 16.6. The van der Waals surface area contributed by atoms with Crippen molar-refractivity contribution in [3.05, 3.63) is 24.0 Å². The molecule has 186 valence electrons. The van der Waals surface area contributed by atoms with Crippen LogP contribution < -0.4 is 10.1 Å². The van der Waals surface area contributed by atoms with Gasteiger partial charge < -0.3 is 14.2 Å². The van der Waals surface area contributed by atoms with Gasteiger partial charge in [0.25, 0.3) is 0 Å². The van der Waals surface area contributed by atoms with E-state index in [1.165, 1.54) is 0 Å². The lowest BCUT2D eigenvalue weighted by molar-refractivity contribution is -0.154. The fraction of sp³-hybridized carbons (Fsp3) is 0.600. The summed E-state index contributed by atoms with van der Waals surface area (Å²) in [4.78, 5) is 29.2. The molecule has 1 saturated carbocycles. The normalized spacial score (nSPS) is 18.5. The largest absolute Gasteiger partial charge is 0.489 e. The first-order valence-electron chi connectivity index (χ1n) is 11.8. The SMILES string of the molecule is Cc1cc(-c2cnn(C)c2NC(=O)OC(C)(C)C)ncc1O[C@H]1CCC[C@H](C(=O)OC(C)C)C1. The minimum Gasteiger partial charge on any atom is -0.489 e. The van der Waals surface area contributed by atoms with Gasteiger partial charge in [-0.25, -0.2) is 4.79 Å². The van der Waals surface area contributed by atoms with Crippen LogP contribution in [0.3, 0.4) is 0 Å². The van der Waals surface area contributed by atoms with Crippen molar-refractivity contribution in [3.63, 3.8) is 0 Å². The first-order valence-corrected chi connectivity index (χ1v) is 11.8. The zero-order chi connectivity index (χ0) is 25.0. The summed E-state index contributed by atoms with van der Waals surface area (Å²) in [7, 11) is 1.74. The summed E-state index contributed by atoms with van der Waals surface area (Å²) in [5, 5.41) is 7.03. The van der Waals surface area contributed by atoms with E-state index in [-0.39, 0.29) is 24.1 Å². The summed E-state index contributed by atoms with van der Waals surface area (Å²) < 4.78 is 18.6. The van der Waals surface area contributed by atoms with E-state index in [1.807, 2.05) is 47.6 Å². The van der Waals surface area contributed by atoms with Crippen LogP contribution in [0.15, 0.2) is 18.5 Å². The molecule has 1 amide bonds. The maximum Gasteiger partial charge on any atom is 0.413 e. The number of ether oxygens (including phenoxy) is 3. The molecule has 0 unspecified atom stereocenters. The number of rotatable bonds is 6. The monoisotopic (exact) mass is 472 g/mol. The van der Waals surface area contributed by atoms with E-state index in [9.17, 15) is 9.59 Å². The molecule has 9 heteroatoms. The highest BCUT2D eigenvalue weighted by molar-refractivity contribution is 5.89. The van der Waals surface area contributed by atoms with Crippen LogP contribution in [0.4, 0.5) is 10.6 Å². The third-order valence-corrected chi connectivity index (χ3v) is 5.50. The Morgan fingerprint density at radius 2 is 1.94 bits per heavy atom. The van der Waals surface area contributed by atoms with E-state index in [1.54, 1.807) is 24.1 Å². The minimum atomic E-state index is -0.611. The van der Waals surface area contributed by atoms with E-state index < -0.39 is 11.7 Å². The van der Waals surface area contributed by atoms with Crippen molar-refractivity contribution in [2.75, 3.05) is 5.32 Å². The Morgan fingerprint density at radius 1 is 1.21 bits per heavy atom. The lowest BCUT2D eigenvalue weighted by Gasteiger charge is -2.29. The molecule has 1 aliphatic carbocycles. The van der Waals surface area contributed by atoms with Gasteiger partial charge in [-0.3, -0.25) is 19.8 Å². The zero-order valence-electron chi connectivity index (χ0n) is 21.2. The lowest BCUT2D eigenvalue weighted by Crippen LogP contribution is -2.31. The van der Waals surface area contributed by atoms with E-state index >= 15 is 0 Å². The van der Waals surface area contributed by atoms with Gasteiger partial charge in [0.2, 0.25) is 0 Å². The first-order chi connectivity index (χ1) is 15.9. The van der Waals surface area contributed by atoms with Crippen LogP contribution in [0.1, 0.15) is 65.9 Å². The molecule has 0 aliphatic heterocycles. The molecule has 2 aromatic heterocycles. The number of carbonyl (C=O) groups excluding carboxylic acids is 2. The van der Waals surface area contributed by atoms with Crippen molar-refractivity contribution in [2.45, 2.75) is 85.0 Å². The Balaban J connectivity index is 1.71.